The molecule has 0 aromatic carbocycles. The summed E-state index contributed by atoms with van der Waals surface area (Å²) in [5, 5.41) is 0. The zero-order valence-electron chi connectivity index (χ0n) is 14.6. The average Bonchev–Trinajstić information content (AvgIpc) is 2.60. The molecule has 3 aliphatic heterocycles. The largest absolute Gasteiger partial charge is 0.389 e. The van der Waals surface area contributed by atoms with Crippen molar-refractivity contribution in [2.75, 3.05) is 24.5 Å². The van der Waals surface area contributed by atoms with E-state index >= 15 is 0 Å². The molecule has 3 atom stereocenters. The standard InChI is InChI=1S/C18H23F3N4O/c19-18(20,21)6-4-14-5-7-22-17(23-14)24-9-12-8-13(11-24)15-2-1-3-16(26)25(15)10-12/h5,7,12-13,15H,1-4,6,8-11H2/t12-,13-,15+/m1/s1. The lowest BCUT2D eigenvalue weighted by Gasteiger charge is -2.52. The molecular formula is C18H23F3N4O. The Morgan fingerprint density at radius 3 is 2.88 bits per heavy atom. The third-order valence-corrected chi connectivity index (χ3v) is 5.83. The molecule has 1 aromatic rings. The summed E-state index contributed by atoms with van der Waals surface area (Å²) >= 11 is 0. The van der Waals surface area contributed by atoms with Gasteiger partial charge in [0.2, 0.25) is 11.9 Å². The quantitative estimate of drug-likeness (QED) is 0.823. The predicted octanol–water partition coefficient (Wildman–Crippen LogP) is 2.81. The Hall–Kier alpha value is -1.86. The number of nitrogens with zero attached hydrogens (tertiary/aromatic N) is 4. The highest BCUT2D eigenvalue weighted by molar-refractivity contribution is 5.77. The third kappa shape index (κ3) is 3.64. The molecule has 0 unspecified atom stereocenters. The van der Waals surface area contributed by atoms with Crippen LogP contribution in [0, 0.1) is 11.8 Å². The van der Waals surface area contributed by atoms with Crippen LogP contribution in [0.5, 0.6) is 0 Å². The second-order valence-corrected chi connectivity index (χ2v) is 7.74. The average molecular weight is 368 g/mol. The molecular weight excluding hydrogens is 345 g/mol. The maximum Gasteiger partial charge on any atom is 0.389 e. The van der Waals surface area contributed by atoms with Crippen molar-refractivity contribution in [1.82, 2.24) is 14.9 Å². The Labute approximate surface area is 150 Å². The Kier molecular flexibility index (Phi) is 4.52. The van der Waals surface area contributed by atoms with Crippen LogP contribution in [0.2, 0.25) is 0 Å². The topological polar surface area (TPSA) is 49.3 Å². The number of amides is 1. The van der Waals surface area contributed by atoms with E-state index in [4.69, 9.17) is 0 Å². The van der Waals surface area contributed by atoms with E-state index in [1.807, 2.05) is 0 Å². The summed E-state index contributed by atoms with van der Waals surface area (Å²) < 4.78 is 37.4. The van der Waals surface area contributed by atoms with Crippen LogP contribution in [0.1, 0.15) is 37.8 Å². The van der Waals surface area contributed by atoms with Gasteiger partial charge in [-0.15, -0.1) is 0 Å². The number of alkyl halides is 3. The first-order valence-corrected chi connectivity index (χ1v) is 9.32. The SMILES string of the molecule is O=C1CCC[C@H]2[C@@H]3C[C@H](CN(c4nccc(CCC(F)(F)F)n4)C3)CN12. The number of carbonyl (C=O) groups excluding carboxylic acids is 1. The van der Waals surface area contributed by atoms with Crippen LogP contribution >= 0.6 is 0 Å². The summed E-state index contributed by atoms with van der Waals surface area (Å²) in [5.41, 5.74) is 0.428. The first-order chi connectivity index (χ1) is 12.4. The first kappa shape index (κ1) is 17.5. The smallest absolute Gasteiger partial charge is 0.340 e. The van der Waals surface area contributed by atoms with Gasteiger partial charge in [-0.05, 0) is 43.6 Å². The van der Waals surface area contributed by atoms with Crippen molar-refractivity contribution in [1.29, 1.82) is 0 Å². The van der Waals surface area contributed by atoms with Crippen molar-refractivity contribution < 1.29 is 18.0 Å². The first-order valence-electron chi connectivity index (χ1n) is 9.32. The minimum atomic E-state index is -4.18. The van der Waals surface area contributed by atoms with Gasteiger partial charge < -0.3 is 9.80 Å². The number of rotatable bonds is 3. The van der Waals surface area contributed by atoms with Crippen molar-refractivity contribution in [3.8, 4) is 0 Å². The molecule has 8 heteroatoms. The Morgan fingerprint density at radius 2 is 2.08 bits per heavy atom. The zero-order chi connectivity index (χ0) is 18.3. The van der Waals surface area contributed by atoms with E-state index in [-0.39, 0.29) is 12.3 Å². The maximum atomic E-state index is 12.5. The normalized spacial score (nSPS) is 28.9. The number of hydrogen-bond acceptors (Lipinski definition) is 4. The van der Waals surface area contributed by atoms with Crippen LogP contribution < -0.4 is 4.90 Å². The summed E-state index contributed by atoms with van der Waals surface area (Å²) in [7, 11) is 0. The number of aryl methyl sites for hydroxylation is 1. The molecule has 142 valence electrons. The number of halogens is 3. The van der Waals surface area contributed by atoms with Gasteiger partial charge in [0, 0.05) is 50.4 Å². The number of hydrogen-bond donors (Lipinski definition) is 0. The van der Waals surface area contributed by atoms with Crippen molar-refractivity contribution in [3.05, 3.63) is 18.0 Å². The Bertz CT molecular complexity index is 681. The van der Waals surface area contributed by atoms with E-state index in [0.717, 1.165) is 38.9 Å². The van der Waals surface area contributed by atoms with E-state index in [2.05, 4.69) is 19.8 Å². The van der Waals surface area contributed by atoms with Crippen LogP contribution in [0.15, 0.2) is 12.3 Å². The number of aromatic nitrogens is 2. The molecule has 3 saturated heterocycles. The Morgan fingerprint density at radius 1 is 1.23 bits per heavy atom. The van der Waals surface area contributed by atoms with Crippen LogP contribution in [0.4, 0.5) is 19.1 Å². The van der Waals surface area contributed by atoms with Gasteiger partial charge >= 0.3 is 6.18 Å². The lowest BCUT2D eigenvalue weighted by Crippen LogP contribution is -2.60. The van der Waals surface area contributed by atoms with E-state index in [0.29, 0.717) is 35.9 Å². The van der Waals surface area contributed by atoms with Crippen LogP contribution in [0.25, 0.3) is 0 Å². The minimum absolute atomic E-state index is 0.120. The molecule has 4 rings (SSSR count). The van der Waals surface area contributed by atoms with Crippen LogP contribution in [0.3, 0.4) is 0 Å². The molecule has 0 radical (unpaired) electrons. The fourth-order valence-electron chi connectivity index (χ4n) is 4.72. The molecule has 3 aliphatic rings. The molecule has 3 fully saturated rings. The van der Waals surface area contributed by atoms with Crippen molar-refractivity contribution in [2.24, 2.45) is 11.8 Å². The lowest BCUT2D eigenvalue weighted by atomic mass is 9.76. The molecule has 0 N–H and O–H groups in total. The van der Waals surface area contributed by atoms with E-state index < -0.39 is 12.6 Å². The molecule has 4 heterocycles. The van der Waals surface area contributed by atoms with Gasteiger partial charge in [0.15, 0.2) is 0 Å². The van der Waals surface area contributed by atoms with Crippen LogP contribution in [-0.4, -0.2) is 52.6 Å². The molecule has 5 nitrogen and oxygen atoms in total. The molecule has 26 heavy (non-hydrogen) atoms. The van der Waals surface area contributed by atoms with Gasteiger partial charge in [-0.25, -0.2) is 9.97 Å². The summed E-state index contributed by atoms with van der Waals surface area (Å²) in [4.78, 5) is 25.1. The van der Waals surface area contributed by atoms with Crippen molar-refractivity contribution >= 4 is 11.9 Å². The second kappa shape index (κ2) is 6.70. The fourth-order valence-corrected chi connectivity index (χ4v) is 4.72. The van der Waals surface area contributed by atoms with Gasteiger partial charge in [0.1, 0.15) is 0 Å². The molecule has 0 spiro atoms. The lowest BCUT2D eigenvalue weighted by molar-refractivity contribution is -0.142. The third-order valence-electron chi connectivity index (χ3n) is 5.83. The van der Waals surface area contributed by atoms with Gasteiger partial charge in [-0.1, -0.05) is 0 Å². The van der Waals surface area contributed by atoms with Crippen molar-refractivity contribution in [2.45, 2.75) is 50.7 Å². The number of carbonyl (C=O) groups is 1. The summed E-state index contributed by atoms with van der Waals surface area (Å²) in [6, 6.07) is 1.85. The van der Waals surface area contributed by atoms with Gasteiger partial charge in [0.05, 0.1) is 0 Å². The monoisotopic (exact) mass is 368 g/mol. The summed E-state index contributed by atoms with van der Waals surface area (Å²) in [6.45, 7) is 2.31. The van der Waals surface area contributed by atoms with Crippen molar-refractivity contribution in [3.63, 3.8) is 0 Å². The second-order valence-electron chi connectivity index (χ2n) is 7.74. The predicted molar refractivity (Wildman–Crippen MR) is 89.6 cm³/mol. The fraction of sp³-hybridized carbons (Fsp3) is 0.722. The van der Waals surface area contributed by atoms with E-state index in [1.54, 1.807) is 12.3 Å². The number of fused-ring (bicyclic) bond motifs is 4. The van der Waals surface area contributed by atoms with E-state index in [1.165, 1.54) is 0 Å². The highest BCUT2D eigenvalue weighted by atomic mass is 19.4. The Balaban J connectivity index is 1.47. The highest BCUT2D eigenvalue weighted by Gasteiger charge is 2.44. The van der Waals surface area contributed by atoms with E-state index in [9.17, 15) is 18.0 Å². The number of anilines is 1. The summed E-state index contributed by atoms with van der Waals surface area (Å²) in [5.74, 6) is 1.58. The minimum Gasteiger partial charge on any atom is -0.340 e. The van der Waals surface area contributed by atoms with Crippen LogP contribution in [-0.2, 0) is 11.2 Å². The van der Waals surface area contributed by atoms with Gasteiger partial charge in [-0.3, -0.25) is 4.79 Å². The molecule has 0 aliphatic carbocycles. The van der Waals surface area contributed by atoms with Gasteiger partial charge in [0.25, 0.3) is 0 Å². The maximum absolute atomic E-state index is 12.5. The molecule has 2 bridgehead atoms. The zero-order valence-corrected chi connectivity index (χ0v) is 14.6. The van der Waals surface area contributed by atoms with Gasteiger partial charge in [-0.2, -0.15) is 13.2 Å². The number of piperidine rings is 3. The molecule has 1 amide bonds. The highest BCUT2D eigenvalue weighted by Crippen LogP contribution is 2.38. The summed E-state index contributed by atoms with van der Waals surface area (Å²) in [6.07, 6.45) is 0.147. The molecule has 1 aromatic heterocycles. The molecule has 0 saturated carbocycles.